The molecule has 0 amide bonds. The Morgan fingerprint density at radius 3 is 1.91 bits per heavy atom. The van der Waals surface area contributed by atoms with Crippen molar-refractivity contribution >= 4 is 5.97 Å². The molecule has 0 spiro atoms. The molecule has 2 rings (SSSR count). The van der Waals surface area contributed by atoms with Gasteiger partial charge in [0.05, 0.1) is 0 Å². The van der Waals surface area contributed by atoms with Crippen molar-refractivity contribution in [2.24, 2.45) is 5.92 Å². The van der Waals surface area contributed by atoms with Gasteiger partial charge in [0, 0.05) is 11.5 Å². The third-order valence-electron chi connectivity index (χ3n) is 4.33. The fourth-order valence-corrected chi connectivity index (χ4v) is 3.08. The lowest BCUT2D eigenvalue weighted by Crippen LogP contribution is -2.12. The smallest absolute Gasteiger partial charge is 0.330 e. The molecule has 23 heavy (non-hydrogen) atoms. The number of hydrogen-bond acceptors (Lipinski definition) is 1. The van der Waals surface area contributed by atoms with Gasteiger partial charge in [-0.05, 0) is 36.3 Å². The van der Waals surface area contributed by atoms with Gasteiger partial charge in [0.15, 0.2) is 0 Å². The van der Waals surface area contributed by atoms with E-state index < -0.39 is 5.97 Å². The maximum absolute atomic E-state index is 10.9. The van der Waals surface area contributed by atoms with E-state index in [-0.39, 0.29) is 0 Å². The number of carboxylic acids is 1. The minimum Gasteiger partial charge on any atom is -0.478 e. The van der Waals surface area contributed by atoms with Crippen LogP contribution in [0.25, 0.3) is 0 Å². The van der Waals surface area contributed by atoms with Gasteiger partial charge in [0.1, 0.15) is 0 Å². The monoisotopic (exact) mass is 308 g/mol. The molecule has 0 saturated heterocycles. The molecule has 1 unspecified atom stereocenters. The van der Waals surface area contributed by atoms with E-state index in [2.05, 4.69) is 62.0 Å². The van der Waals surface area contributed by atoms with Crippen LogP contribution in [0.2, 0.25) is 0 Å². The maximum Gasteiger partial charge on any atom is 0.330 e. The Morgan fingerprint density at radius 2 is 1.48 bits per heavy atom. The number of benzene rings is 2. The molecule has 2 aromatic carbocycles. The molecule has 2 aromatic rings. The predicted molar refractivity (Wildman–Crippen MR) is 94.5 cm³/mol. The number of carboxylic acid groups (broad SMARTS) is 1. The Hall–Kier alpha value is -2.35. The summed E-state index contributed by atoms with van der Waals surface area (Å²) in [6, 6.07) is 21.0. The lowest BCUT2D eigenvalue weighted by molar-refractivity contribution is -0.132. The zero-order valence-corrected chi connectivity index (χ0v) is 13.6. The highest BCUT2D eigenvalue weighted by Crippen LogP contribution is 2.34. The molecular formula is C21H24O2. The zero-order chi connectivity index (χ0) is 16.7. The van der Waals surface area contributed by atoms with E-state index >= 15 is 0 Å². The Balaban J connectivity index is 2.11. The molecule has 1 atom stereocenters. The van der Waals surface area contributed by atoms with Gasteiger partial charge in [-0.15, -0.1) is 0 Å². The molecule has 0 heterocycles. The number of rotatable bonds is 8. The second-order valence-electron chi connectivity index (χ2n) is 6.08. The Bertz CT molecular complexity index is 592. The van der Waals surface area contributed by atoms with Crippen molar-refractivity contribution in [2.75, 3.05) is 0 Å². The van der Waals surface area contributed by atoms with Crippen LogP contribution in [0.4, 0.5) is 0 Å². The van der Waals surface area contributed by atoms with E-state index in [1.807, 2.05) is 12.1 Å². The van der Waals surface area contributed by atoms with Gasteiger partial charge in [-0.25, -0.2) is 4.79 Å². The van der Waals surface area contributed by atoms with Gasteiger partial charge < -0.3 is 5.11 Å². The third-order valence-corrected chi connectivity index (χ3v) is 4.33. The molecule has 0 saturated carbocycles. The number of carbonyl (C=O) groups is 1. The Kier molecular flexibility index (Phi) is 6.16. The predicted octanol–water partition coefficient (Wildman–Crippen LogP) is 5.27. The number of hydrogen-bond donors (Lipinski definition) is 1. The molecule has 0 aliphatic rings. The van der Waals surface area contributed by atoms with E-state index in [1.54, 1.807) is 0 Å². The highest BCUT2D eigenvalue weighted by Gasteiger charge is 2.21. The van der Waals surface area contributed by atoms with E-state index in [1.165, 1.54) is 11.1 Å². The number of aliphatic carboxylic acids is 1. The SMILES string of the molecule is C=C(CCCC(C)C(c1ccccc1)c1ccccc1)C(=O)O. The van der Waals surface area contributed by atoms with E-state index in [9.17, 15) is 4.79 Å². The summed E-state index contributed by atoms with van der Waals surface area (Å²) in [5, 5.41) is 8.91. The average Bonchev–Trinajstić information content (AvgIpc) is 2.57. The summed E-state index contributed by atoms with van der Waals surface area (Å²) in [5.74, 6) is -0.128. The van der Waals surface area contributed by atoms with Crippen LogP contribution in [-0.2, 0) is 4.79 Å². The van der Waals surface area contributed by atoms with Crippen LogP contribution in [0.5, 0.6) is 0 Å². The van der Waals surface area contributed by atoms with Crippen molar-refractivity contribution in [3.8, 4) is 0 Å². The van der Waals surface area contributed by atoms with Gasteiger partial charge in [-0.2, -0.15) is 0 Å². The highest BCUT2D eigenvalue weighted by atomic mass is 16.4. The van der Waals surface area contributed by atoms with E-state index in [4.69, 9.17) is 5.11 Å². The van der Waals surface area contributed by atoms with Gasteiger partial charge in [0.2, 0.25) is 0 Å². The van der Waals surface area contributed by atoms with Crippen LogP contribution >= 0.6 is 0 Å². The standard InChI is InChI=1S/C21H24O2/c1-16(10-9-11-17(2)21(22)23)20(18-12-5-3-6-13-18)19-14-7-4-8-15-19/h3-8,12-16,20H,2,9-11H2,1H3,(H,22,23). The van der Waals surface area contributed by atoms with Crippen molar-refractivity contribution in [1.82, 2.24) is 0 Å². The lowest BCUT2D eigenvalue weighted by Gasteiger charge is -2.25. The molecule has 0 aliphatic carbocycles. The van der Waals surface area contributed by atoms with Crippen molar-refractivity contribution < 1.29 is 9.90 Å². The minimum atomic E-state index is -0.889. The molecule has 0 aromatic heterocycles. The molecule has 0 radical (unpaired) electrons. The molecule has 2 nitrogen and oxygen atoms in total. The molecule has 2 heteroatoms. The summed E-state index contributed by atoms with van der Waals surface area (Å²) in [6.45, 7) is 5.86. The lowest BCUT2D eigenvalue weighted by atomic mass is 9.79. The third kappa shape index (κ3) is 4.82. The summed E-state index contributed by atoms with van der Waals surface area (Å²) in [4.78, 5) is 10.9. The van der Waals surface area contributed by atoms with Crippen molar-refractivity contribution in [3.63, 3.8) is 0 Å². The highest BCUT2D eigenvalue weighted by molar-refractivity contribution is 5.85. The first-order chi connectivity index (χ1) is 11.1. The zero-order valence-electron chi connectivity index (χ0n) is 13.6. The van der Waals surface area contributed by atoms with Crippen LogP contribution in [-0.4, -0.2) is 11.1 Å². The van der Waals surface area contributed by atoms with Gasteiger partial charge in [-0.3, -0.25) is 0 Å². The van der Waals surface area contributed by atoms with Crippen LogP contribution in [0.15, 0.2) is 72.8 Å². The second-order valence-corrected chi connectivity index (χ2v) is 6.08. The first-order valence-electron chi connectivity index (χ1n) is 8.10. The maximum atomic E-state index is 10.9. The molecule has 1 N–H and O–H groups in total. The van der Waals surface area contributed by atoms with Crippen LogP contribution in [0.1, 0.15) is 43.2 Å². The van der Waals surface area contributed by atoms with Crippen molar-refractivity contribution in [1.29, 1.82) is 0 Å². The Morgan fingerprint density at radius 1 is 1.00 bits per heavy atom. The van der Waals surface area contributed by atoms with Gasteiger partial charge in [-0.1, -0.05) is 74.2 Å². The van der Waals surface area contributed by atoms with Gasteiger partial charge >= 0.3 is 5.97 Å². The topological polar surface area (TPSA) is 37.3 Å². The molecule has 0 bridgehead atoms. The molecule has 120 valence electrons. The summed E-state index contributed by atoms with van der Waals surface area (Å²) in [6.07, 6.45) is 2.37. The van der Waals surface area contributed by atoms with E-state index in [0.29, 0.717) is 23.8 Å². The summed E-state index contributed by atoms with van der Waals surface area (Å²) < 4.78 is 0. The molecular weight excluding hydrogens is 284 g/mol. The van der Waals surface area contributed by atoms with E-state index in [0.717, 1.165) is 12.8 Å². The largest absolute Gasteiger partial charge is 0.478 e. The Labute approximate surface area is 138 Å². The summed E-state index contributed by atoms with van der Waals surface area (Å²) in [5.41, 5.74) is 2.92. The normalized spacial score (nSPS) is 12.1. The fraction of sp³-hybridized carbons (Fsp3) is 0.286. The van der Waals surface area contributed by atoms with Crippen LogP contribution < -0.4 is 0 Å². The fourth-order valence-electron chi connectivity index (χ4n) is 3.08. The first-order valence-corrected chi connectivity index (χ1v) is 8.10. The van der Waals surface area contributed by atoms with Crippen LogP contribution in [0.3, 0.4) is 0 Å². The second kappa shape index (κ2) is 8.33. The van der Waals surface area contributed by atoms with Crippen LogP contribution in [0, 0.1) is 5.92 Å². The van der Waals surface area contributed by atoms with Crippen molar-refractivity contribution in [3.05, 3.63) is 83.9 Å². The average molecular weight is 308 g/mol. The first kappa shape index (κ1) is 17.0. The van der Waals surface area contributed by atoms with Gasteiger partial charge in [0.25, 0.3) is 0 Å². The molecule has 0 fully saturated rings. The molecule has 0 aliphatic heterocycles. The van der Waals surface area contributed by atoms with Crippen molar-refractivity contribution in [2.45, 2.75) is 32.1 Å². The quantitative estimate of drug-likeness (QED) is 0.675. The summed E-state index contributed by atoms with van der Waals surface area (Å²) in [7, 11) is 0. The summed E-state index contributed by atoms with van der Waals surface area (Å²) >= 11 is 0. The minimum absolute atomic E-state index is 0.299.